The quantitative estimate of drug-likeness (QED) is 0.619. The van der Waals surface area contributed by atoms with Crippen LogP contribution < -0.4 is 0 Å². The Morgan fingerprint density at radius 3 is 2.73 bits per heavy atom. The first-order valence-corrected chi connectivity index (χ1v) is 3.78. The Labute approximate surface area is 67.5 Å². The number of aromatic amines is 1. The molecule has 0 saturated carbocycles. The number of H-pyrrole nitrogens is 1. The molecule has 0 amide bonds. The predicted octanol–water partition coefficient (Wildman–Crippen LogP) is 2.91. The van der Waals surface area contributed by atoms with Crippen molar-refractivity contribution in [3.8, 4) is 0 Å². The van der Waals surface area contributed by atoms with Crippen LogP contribution in [0.25, 0.3) is 6.08 Å². The Balaban J connectivity index is 2.71. The Morgan fingerprint density at radius 1 is 1.36 bits per heavy atom. The van der Waals surface area contributed by atoms with E-state index in [4.69, 9.17) is 0 Å². The Morgan fingerprint density at radius 2 is 2.18 bits per heavy atom. The average molecular weight is 147 g/mol. The fraction of sp³-hybridized carbons (Fsp3) is 0.200. The molecule has 0 spiro atoms. The third kappa shape index (κ3) is 2.11. The molecule has 58 valence electrons. The predicted molar refractivity (Wildman–Crippen MR) is 49.4 cm³/mol. The van der Waals surface area contributed by atoms with Crippen LogP contribution in [0.1, 0.15) is 18.2 Å². The highest BCUT2D eigenvalue weighted by molar-refractivity contribution is 5.50. The van der Waals surface area contributed by atoms with Gasteiger partial charge in [0, 0.05) is 11.9 Å². The lowest BCUT2D eigenvalue weighted by atomic mass is 10.2. The molecular formula is C10H13N. The van der Waals surface area contributed by atoms with E-state index in [9.17, 15) is 0 Å². The molecule has 0 bridgehead atoms. The number of allylic oxidation sites excluding steroid dienone is 3. The van der Waals surface area contributed by atoms with Gasteiger partial charge in [-0.25, -0.2) is 0 Å². The molecule has 0 unspecified atom stereocenters. The Hall–Kier alpha value is -1.24. The van der Waals surface area contributed by atoms with Gasteiger partial charge in [-0.1, -0.05) is 18.2 Å². The molecule has 0 saturated heterocycles. The molecule has 0 aliphatic heterocycles. The maximum absolute atomic E-state index is 3.14. The maximum atomic E-state index is 3.14. The zero-order valence-electron chi connectivity index (χ0n) is 6.96. The van der Waals surface area contributed by atoms with E-state index in [0.29, 0.717) is 0 Å². The minimum absolute atomic E-state index is 1.18. The van der Waals surface area contributed by atoms with Crippen molar-refractivity contribution in [2.45, 2.75) is 13.8 Å². The molecule has 11 heavy (non-hydrogen) atoms. The van der Waals surface area contributed by atoms with E-state index in [0.717, 1.165) is 0 Å². The van der Waals surface area contributed by atoms with Gasteiger partial charge in [-0.15, -0.1) is 0 Å². The number of nitrogens with one attached hydrogen (secondary N) is 1. The number of hydrogen-bond donors (Lipinski definition) is 1. The molecule has 0 fully saturated rings. The minimum atomic E-state index is 1.18. The monoisotopic (exact) mass is 147 g/mol. The van der Waals surface area contributed by atoms with Crippen LogP contribution in [0.2, 0.25) is 0 Å². The van der Waals surface area contributed by atoms with Gasteiger partial charge in [0.2, 0.25) is 0 Å². The molecule has 1 heteroatoms. The second-order valence-corrected chi connectivity index (χ2v) is 2.46. The van der Waals surface area contributed by atoms with Crippen LogP contribution in [0.3, 0.4) is 0 Å². The summed E-state index contributed by atoms with van der Waals surface area (Å²) in [6.45, 7) is 4.09. The zero-order chi connectivity index (χ0) is 8.10. The van der Waals surface area contributed by atoms with Gasteiger partial charge >= 0.3 is 0 Å². The summed E-state index contributed by atoms with van der Waals surface area (Å²) in [5.74, 6) is 0. The molecule has 1 N–H and O–H groups in total. The van der Waals surface area contributed by atoms with Crippen molar-refractivity contribution >= 4 is 6.08 Å². The second kappa shape index (κ2) is 3.81. The standard InChI is InChI=1S/C10H13N/c1-3-4-5-6-10-9(2)7-8-11-10/h3-8,11H,1-2H3/b4-3-,6-5-. The van der Waals surface area contributed by atoms with E-state index in [1.165, 1.54) is 11.3 Å². The molecule has 1 rings (SSSR count). The summed E-state index contributed by atoms with van der Waals surface area (Å²) >= 11 is 0. The summed E-state index contributed by atoms with van der Waals surface area (Å²) in [6, 6.07) is 2.06. The first-order valence-electron chi connectivity index (χ1n) is 3.78. The van der Waals surface area contributed by atoms with Gasteiger partial charge in [0.05, 0.1) is 0 Å². The first kappa shape index (κ1) is 7.86. The van der Waals surface area contributed by atoms with Crippen molar-refractivity contribution < 1.29 is 0 Å². The highest BCUT2D eigenvalue weighted by atomic mass is 14.7. The third-order valence-corrected chi connectivity index (χ3v) is 1.56. The lowest BCUT2D eigenvalue weighted by molar-refractivity contribution is 1.34. The molecule has 0 aliphatic rings. The highest BCUT2D eigenvalue weighted by Gasteiger charge is 1.90. The van der Waals surface area contributed by atoms with E-state index in [1.807, 2.05) is 31.3 Å². The molecular weight excluding hydrogens is 134 g/mol. The first-order chi connectivity index (χ1) is 5.34. The molecule has 0 aromatic carbocycles. The highest BCUT2D eigenvalue weighted by Crippen LogP contribution is 2.05. The zero-order valence-corrected chi connectivity index (χ0v) is 6.96. The molecule has 0 radical (unpaired) electrons. The topological polar surface area (TPSA) is 15.8 Å². The molecule has 1 aromatic rings. The van der Waals surface area contributed by atoms with Gasteiger partial charge in [0.1, 0.15) is 0 Å². The number of rotatable bonds is 2. The van der Waals surface area contributed by atoms with Crippen LogP contribution in [0.15, 0.2) is 30.5 Å². The van der Waals surface area contributed by atoms with Crippen LogP contribution in [-0.4, -0.2) is 4.98 Å². The van der Waals surface area contributed by atoms with Crippen molar-refractivity contribution in [3.05, 3.63) is 41.7 Å². The molecule has 0 atom stereocenters. The van der Waals surface area contributed by atoms with Crippen LogP contribution >= 0.6 is 0 Å². The Kier molecular flexibility index (Phi) is 2.73. The van der Waals surface area contributed by atoms with E-state index in [2.05, 4.69) is 24.1 Å². The minimum Gasteiger partial charge on any atom is -0.361 e. The van der Waals surface area contributed by atoms with Crippen molar-refractivity contribution in [1.29, 1.82) is 0 Å². The fourth-order valence-corrected chi connectivity index (χ4v) is 0.903. The smallest absolute Gasteiger partial charge is 0.0409 e. The van der Waals surface area contributed by atoms with Gasteiger partial charge in [-0.05, 0) is 31.6 Å². The summed E-state index contributed by atoms with van der Waals surface area (Å²) in [5, 5.41) is 0. The lowest BCUT2D eigenvalue weighted by Gasteiger charge is -1.87. The fourth-order valence-electron chi connectivity index (χ4n) is 0.903. The van der Waals surface area contributed by atoms with Gasteiger partial charge < -0.3 is 4.98 Å². The van der Waals surface area contributed by atoms with E-state index < -0.39 is 0 Å². The van der Waals surface area contributed by atoms with E-state index in [1.54, 1.807) is 0 Å². The number of aromatic nitrogens is 1. The van der Waals surface area contributed by atoms with Crippen molar-refractivity contribution in [2.24, 2.45) is 0 Å². The maximum Gasteiger partial charge on any atom is 0.0409 e. The van der Waals surface area contributed by atoms with E-state index >= 15 is 0 Å². The molecule has 0 aliphatic carbocycles. The van der Waals surface area contributed by atoms with Gasteiger partial charge in [0.15, 0.2) is 0 Å². The van der Waals surface area contributed by atoms with Crippen LogP contribution in [0, 0.1) is 6.92 Å². The third-order valence-electron chi connectivity index (χ3n) is 1.56. The molecule has 1 nitrogen and oxygen atoms in total. The normalized spacial score (nSPS) is 11.8. The van der Waals surface area contributed by atoms with Gasteiger partial charge in [-0.2, -0.15) is 0 Å². The number of hydrogen-bond acceptors (Lipinski definition) is 0. The van der Waals surface area contributed by atoms with Gasteiger partial charge in [-0.3, -0.25) is 0 Å². The van der Waals surface area contributed by atoms with Gasteiger partial charge in [0.25, 0.3) is 0 Å². The largest absolute Gasteiger partial charge is 0.361 e. The van der Waals surface area contributed by atoms with Crippen molar-refractivity contribution in [1.82, 2.24) is 4.98 Å². The van der Waals surface area contributed by atoms with Crippen LogP contribution in [-0.2, 0) is 0 Å². The SMILES string of the molecule is C/C=C\C=C/c1[nH]ccc1C. The summed E-state index contributed by atoms with van der Waals surface area (Å²) in [6.07, 6.45) is 10.1. The van der Waals surface area contributed by atoms with E-state index in [-0.39, 0.29) is 0 Å². The van der Waals surface area contributed by atoms with Crippen molar-refractivity contribution in [2.75, 3.05) is 0 Å². The summed E-state index contributed by atoms with van der Waals surface area (Å²) < 4.78 is 0. The summed E-state index contributed by atoms with van der Waals surface area (Å²) in [5.41, 5.74) is 2.47. The summed E-state index contributed by atoms with van der Waals surface area (Å²) in [4.78, 5) is 3.14. The van der Waals surface area contributed by atoms with Crippen molar-refractivity contribution in [3.63, 3.8) is 0 Å². The molecule has 1 heterocycles. The number of aryl methyl sites for hydroxylation is 1. The molecule has 1 aromatic heterocycles. The average Bonchev–Trinajstić information content (AvgIpc) is 2.37. The second-order valence-electron chi connectivity index (χ2n) is 2.46. The van der Waals surface area contributed by atoms with Crippen LogP contribution in [0.4, 0.5) is 0 Å². The lowest BCUT2D eigenvalue weighted by Crippen LogP contribution is -1.72. The van der Waals surface area contributed by atoms with Crippen LogP contribution in [0.5, 0.6) is 0 Å². The Bertz CT molecular complexity index is 266. The summed E-state index contributed by atoms with van der Waals surface area (Å²) in [7, 11) is 0.